The van der Waals surface area contributed by atoms with Crippen molar-refractivity contribution in [3.8, 4) is 12.3 Å². The van der Waals surface area contributed by atoms with Gasteiger partial charge in [-0.25, -0.2) is 0 Å². The van der Waals surface area contributed by atoms with Gasteiger partial charge in [-0.05, 0) is 26.3 Å². The highest BCUT2D eigenvalue weighted by molar-refractivity contribution is 4.86. The maximum Gasteiger partial charge on any atom is 0.0218 e. The number of nitrogens with zero attached hydrogens (tertiary/aromatic N) is 1. The number of hydrogen-bond donors (Lipinski definition) is 1. The second-order valence-corrected chi connectivity index (χ2v) is 4.17. The first-order valence-corrected chi connectivity index (χ1v) is 5.68. The molecule has 1 aliphatic heterocycles. The minimum atomic E-state index is 0.628. The molecule has 0 aromatic carbocycles. The summed E-state index contributed by atoms with van der Waals surface area (Å²) in [5, 5.41) is 3.52. The fourth-order valence-electron chi connectivity index (χ4n) is 2.09. The second-order valence-electron chi connectivity index (χ2n) is 4.17. The van der Waals surface area contributed by atoms with Crippen molar-refractivity contribution in [3.05, 3.63) is 0 Å². The van der Waals surface area contributed by atoms with Gasteiger partial charge in [0.2, 0.25) is 0 Å². The van der Waals surface area contributed by atoms with Gasteiger partial charge in [-0.2, -0.15) is 0 Å². The van der Waals surface area contributed by atoms with Gasteiger partial charge in [0.15, 0.2) is 0 Å². The summed E-state index contributed by atoms with van der Waals surface area (Å²) >= 11 is 0. The lowest BCUT2D eigenvalue weighted by molar-refractivity contribution is 0.131. The van der Waals surface area contributed by atoms with Gasteiger partial charge < -0.3 is 5.32 Å². The average Bonchev–Trinajstić information content (AvgIpc) is 2.19. The fraction of sp³-hybridized carbons (Fsp3) is 0.833. The molecule has 1 fully saturated rings. The lowest BCUT2D eigenvalue weighted by Crippen LogP contribution is -2.55. The molecule has 1 N–H and O–H groups in total. The highest BCUT2D eigenvalue weighted by Crippen LogP contribution is 2.10. The second kappa shape index (κ2) is 6.06. The van der Waals surface area contributed by atoms with Crippen LogP contribution in [0.3, 0.4) is 0 Å². The summed E-state index contributed by atoms with van der Waals surface area (Å²) < 4.78 is 0. The maximum atomic E-state index is 5.26. The lowest BCUT2D eigenvalue weighted by atomic mass is 10.1. The van der Waals surface area contributed by atoms with Crippen molar-refractivity contribution in [1.82, 2.24) is 10.2 Å². The van der Waals surface area contributed by atoms with E-state index < -0.39 is 0 Å². The van der Waals surface area contributed by atoms with Crippen molar-refractivity contribution < 1.29 is 0 Å². The lowest BCUT2D eigenvalue weighted by Gasteiger charge is -2.39. The average molecular weight is 194 g/mol. The van der Waals surface area contributed by atoms with Gasteiger partial charge in [0.1, 0.15) is 0 Å². The van der Waals surface area contributed by atoms with Crippen LogP contribution >= 0.6 is 0 Å². The zero-order valence-electron chi connectivity index (χ0n) is 9.42. The van der Waals surface area contributed by atoms with Crippen molar-refractivity contribution >= 4 is 0 Å². The quantitative estimate of drug-likeness (QED) is 0.538. The van der Waals surface area contributed by atoms with Crippen LogP contribution in [-0.2, 0) is 0 Å². The molecule has 0 spiro atoms. The van der Waals surface area contributed by atoms with Crippen molar-refractivity contribution in [3.63, 3.8) is 0 Å². The van der Waals surface area contributed by atoms with E-state index >= 15 is 0 Å². The summed E-state index contributed by atoms with van der Waals surface area (Å²) in [6.07, 6.45) is 8.54. The number of rotatable bonds is 4. The molecule has 0 radical (unpaired) electrons. The summed E-state index contributed by atoms with van der Waals surface area (Å²) in [5.41, 5.74) is 0. The minimum Gasteiger partial charge on any atom is -0.311 e. The molecular weight excluding hydrogens is 172 g/mol. The van der Waals surface area contributed by atoms with Gasteiger partial charge in [0.25, 0.3) is 0 Å². The normalized spacial score (nSPS) is 28.6. The smallest absolute Gasteiger partial charge is 0.0218 e. The molecule has 2 nitrogen and oxygen atoms in total. The Morgan fingerprint density at radius 2 is 2.36 bits per heavy atom. The summed E-state index contributed by atoms with van der Waals surface area (Å²) in [7, 11) is 0. The van der Waals surface area contributed by atoms with E-state index in [0.717, 1.165) is 25.9 Å². The molecule has 1 aliphatic rings. The summed E-state index contributed by atoms with van der Waals surface area (Å²) in [6.45, 7) is 7.97. The standard InChI is InChI=1S/C12H22N2/c1-4-6-7-8-14-10-11(3)13-9-12(14)5-2/h1,11-13H,5-10H2,2-3H3. The predicted octanol–water partition coefficient (Wildman–Crippen LogP) is 1.47. The largest absolute Gasteiger partial charge is 0.311 e. The molecule has 14 heavy (non-hydrogen) atoms. The molecule has 1 rings (SSSR count). The van der Waals surface area contributed by atoms with Gasteiger partial charge in [-0.15, -0.1) is 12.3 Å². The molecule has 2 atom stereocenters. The third kappa shape index (κ3) is 3.32. The van der Waals surface area contributed by atoms with Crippen molar-refractivity contribution in [2.75, 3.05) is 19.6 Å². The Morgan fingerprint density at radius 3 is 3.00 bits per heavy atom. The van der Waals surface area contributed by atoms with Crippen molar-refractivity contribution in [2.24, 2.45) is 0 Å². The van der Waals surface area contributed by atoms with Crippen LogP contribution in [0.25, 0.3) is 0 Å². The highest BCUT2D eigenvalue weighted by Gasteiger charge is 2.23. The van der Waals surface area contributed by atoms with Gasteiger partial charge >= 0.3 is 0 Å². The molecule has 0 amide bonds. The molecule has 2 unspecified atom stereocenters. The molecule has 1 heterocycles. The SMILES string of the molecule is C#CCCCN1CC(C)NCC1CC. The summed E-state index contributed by atoms with van der Waals surface area (Å²) in [6, 6.07) is 1.34. The Bertz CT molecular complexity index is 195. The molecule has 0 aliphatic carbocycles. The molecule has 2 heteroatoms. The van der Waals surface area contributed by atoms with Crippen LogP contribution in [0.2, 0.25) is 0 Å². The van der Waals surface area contributed by atoms with Gasteiger partial charge in [0.05, 0.1) is 0 Å². The monoisotopic (exact) mass is 194 g/mol. The third-order valence-electron chi connectivity index (χ3n) is 2.96. The highest BCUT2D eigenvalue weighted by atomic mass is 15.2. The van der Waals surface area contributed by atoms with Crippen LogP contribution in [0.1, 0.15) is 33.1 Å². The van der Waals surface area contributed by atoms with Gasteiger partial charge in [-0.1, -0.05) is 6.92 Å². The first kappa shape index (κ1) is 11.6. The van der Waals surface area contributed by atoms with E-state index in [4.69, 9.17) is 6.42 Å². The Morgan fingerprint density at radius 1 is 1.57 bits per heavy atom. The Labute approximate surface area is 88.1 Å². The van der Waals surface area contributed by atoms with E-state index in [0.29, 0.717) is 12.1 Å². The first-order valence-electron chi connectivity index (χ1n) is 5.68. The van der Waals surface area contributed by atoms with Gasteiger partial charge in [0, 0.05) is 31.6 Å². The summed E-state index contributed by atoms with van der Waals surface area (Å²) in [4.78, 5) is 2.58. The van der Waals surface area contributed by atoms with Crippen LogP contribution in [-0.4, -0.2) is 36.6 Å². The summed E-state index contributed by atoms with van der Waals surface area (Å²) in [5.74, 6) is 2.71. The van der Waals surface area contributed by atoms with E-state index in [2.05, 4.69) is 30.0 Å². The minimum absolute atomic E-state index is 0.628. The number of unbranched alkanes of at least 4 members (excludes halogenated alkanes) is 1. The molecule has 0 aromatic rings. The zero-order chi connectivity index (χ0) is 10.4. The van der Waals surface area contributed by atoms with E-state index in [1.54, 1.807) is 0 Å². The van der Waals surface area contributed by atoms with Crippen molar-refractivity contribution in [2.45, 2.75) is 45.2 Å². The Kier molecular flexibility index (Phi) is 5.00. The number of hydrogen-bond acceptors (Lipinski definition) is 2. The van der Waals surface area contributed by atoms with E-state index in [1.807, 2.05) is 0 Å². The number of nitrogens with one attached hydrogen (secondary N) is 1. The Hall–Kier alpha value is -0.520. The number of terminal acetylenes is 1. The number of piperazine rings is 1. The third-order valence-corrected chi connectivity index (χ3v) is 2.96. The zero-order valence-corrected chi connectivity index (χ0v) is 9.42. The van der Waals surface area contributed by atoms with Gasteiger partial charge in [-0.3, -0.25) is 4.90 Å². The topological polar surface area (TPSA) is 15.3 Å². The molecule has 80 valence electrons. The van der Waals surface area contributed by atoms with Crippen LogP contribution in [0.4, 0.5) is 0 Å². The van der Waals surface area contributed by atoms with Crippen LogP contribution in [0.15, 0.2) is 0 Å². The molecular formula is C12H22N2. The van der Waals surface area contributed by atoms with E-state index in [-0.39, 0.29) is 0 Å². The van der Waals surface area contributed by atoms with Crippen LogP contribution in [0.5, 0.6) is 0 Å². The van der Waals surface area contributed by atoms with E-state index in [1.165, 1.54) is 13.0 Å². The molecule has 0 aromatic heterocycles. The maximum absolute atomic E-state index is 5.26. The molecule has 0 saturated carbocycles. The Balaban J connectivity index is 2.33. The van der Waals surface area contributed by atoms with Crippen molar-refractivity contribution in [1.29, 1.82) is 0 Å². The van der Waals surface area contributed by atoms with Crippen LogP contribution < -0.4 is 5.32 Å². The van der Waals surface area contributed by atoms with Crippen LogP contribution in [0, 0.1) is 12.3 Å². The first-order chi connectivity index (χ1) is 6.77. The molecule has 0 bridgehead atoms. The predicted molar refractivity (Wildman–Crippen MR) is 61.2 cm³/mol. The molecule has 1 saturated heterocycles. The fourth-order valence-corrected chi connectivity index (χ4v) is 2.09. The van der Waals surface area contributed by atoms with E-state index in [9.17, 15) is 0 Å².